The van der Waals surface area contributed by atoms with Crippen LogP contribution in [0.3, 0.4) is 0 Å². The largest absolute Gasteiger partial charge is 0.497 e. The smallest absolute Gasteiger partial charge is 0.150 e. The van der Waals surface area contributed by atoms with Crippen LogP contribution in [0.4, 0.5) is 5.69 Å². The van der Waals surface area contributed by atoms with E-state index in [0.717, 1.165) is 12.0 Å². The zero-order valence-electron chi connectivity index (χ0n) is 11.3. The van der Waals surface area contributed by atoms with E-state index in [9.17, 15) is 4.79 Å². The second kappa shape index (κ2) is 9.53. The molecule has 0 aromatic heterocycles. The van der Waals surface area contributed by atoms with Crippen molar-refractivity contribution in [3.8, 4) is 0 Å². The summed E-state index contributed by atoms with van der Waals surface area (Å²) < 4.78 is 4.91. The SMILES string of the molecule is C=C/C(=C\C(=C)NC)OC.Nc1ccc(C=O)cc1. The second-order valence-corrected chi connectivity index (χ2v) is 3.51. The van der Waals surface area contributed by atoms with Crippen LogP contribution in [0, 0.1) is 0 Å². The number of hydrogen-bond acceptors (Lipinski definition) is 4. The van der Waals surface area contributed by atoms with E-state index in [1.807, 2.05) is 0 Å². The van der Waals surface area contributed by atoms with Gasteiger partial charge in [0.1, 0.15) is 12.0 Å². The number of rotatable bonds is 5. The van der Waals surface area contributed by atoms with Gasteiger partial charge < -0.3 is 15.8 Å². The molecule has 0 amide bonds. The number of nitrogens with two attached hydrogens (primary N) is 1. The molecule has 0 unspecified atom stereocenters. The van der Waals surface area contributed by atoms with Crippen molar-refractivity contribution in [1.29, 1.82) is 0 Å². The lowest BCUT2D eigenvalue weighted by molar-refractivity contribution is 0.112. The van der Waals surface area contributed by atoms with Crippen molar-refractivity contribution >= 4 is 12.0 Å². The Hall–Kier alpha value is -2.49. The number of nitrogen functional groups attached to an aromatic ring is 1. The molecule has 0 aliphatic heterocycles. The standard InChI is InChI=1S/C8H13NO.C7H7NO/c1-5-8(10-4)6-7(2)9-3;8-7-3-1-6(5-9)2-4-7/h5-6,9H,1-2H2,3-4H3;1-5H,8H2/b8-6+;. The number of carbonyl (C=O) groups excluding carboxylic acids is 1. The molecule has 1 aromatic carbocycles. The summed E-state index contributed by atoms with van der Waals surface area (Å²) in [6.45, 7) is 7.25. The Morgan fingerprint density at radius 1 is 1.37 bits per heavy atom. The fraction of sp³-hybridized carbons (Fsp3) is 0.133. The van der Waals surface area contributed by atoms with E-state index in [-0.39, 0.29) is 0 Å². The van der Waals surface area contributed by atoms with E-state index in [4.69, 9.17) is 10.5 Å². The molecule has 0 saturated heterocycles. The molecule has 0 heterocycles. The normalized spacial score (nSPS) is 9.68. The van der Waals surface area contributed by atoms with Crippen LogP contribution in [-0.2, 0) is 4.74 Å². The van der Waals surface area contributed by atoms with Crippen molar-refractivity contribution < 1.29 is 9.53 Å². The summed E-state index contributed by atoms with van der Waals surface area (Å²) in [6.07, 6.45) is 4.19. The van der Waals surface area contributed by atoms with Crippen LogP contribution in [0.15, 0.2) is 61.0 Å². The summed E-state index contributed by atoms with van der Waals surface area (Å²) in [6, 6.07) is 6.76. The Labute approximate surface area is 114 Å². The van der Waals surface area contributed by atoms with Gasteiger partial charge in [0.15, 0.2) is 0 Å². The third kappa shape index (κ3) is 7.44. The number of methoxy groups -OCH3 is 1. The molecule has 0 atom stereocenters. The molecule has 4 nitrogen and oxygen atoms in total. The monoisotopic (exact) mass is 260 g/mol. The Morgan fingerprint density at radius 2 is 1.95 bits per heavy atom. The molecule has 0 bridgehead atoms. The van der Waals surface area contributed by atoms with Crippen molar-refractivity contribution in [2.45, 2.75) is 0 Å². The number of anilines is 1. The van der Waals surface area contributed by atoms with Crippen molar-refractivity contribution in [2.24, 2.45) is 0 Å². The average Bonchev–Trinajstić information content (AvgIpc) is 2.46. The maximum atomic E-state index is 10.1. The number of hydrogen-bond donors (Lipinski definition) is 2. The Bertz CT molecular complexity index is 448. The predicted molar refractivity (Wildman–Crippen MR) is 79.7 cm³/mol. The van der Waals surface area contributed by atoms with Crippen LogP contribution in [-0.4, -0.2) is 20.4 Å². The first-order valence-electron chi connectivity index (χ1n) is 5.62. The van der Waals surface area contributed by atoms with Crippen molar-refractivity contribution in [2.75, 3.05) is 19.9 Å². The highest BCUT2D eigenvalue weighted by Crippen LogP contribution is 2.01. The third-order valence-corrected chi connectivity index (χ3v) is 2.15. The van der Waals surface area contributed by atoms with E-state index in [1.165, 1.54) is 0 Å². The molecule has 0 aliphatic carbocycles. The quantitative estimate of drug-likeness (QED) is 0.369. The summed E-state index contributed by atoms with van der Waals surface area (Å²) >= 11 is 0. The fourth-order valence-corrected chi connectivity index (χ4v) is 1.02. The maximum absolute atomic E-state index is 10.1. The number of nitrogens with one attached hydrogen (secondary N) is 1. The number of ether oxygens (including phenoxy) is 1. The highest BCUT2D eigenvalue weighted by atomic mass is 16.5. The van der Waals surface area contributed by atoms with Crippen LogP contribution in [0.5, 0.6) is 0 Å². The highest BCUT2D eigenvalue weighted by molar-refractivity contribution is 5.75. The van der Waals surface area contributed by atoms with Gasteiger partial charge in [-0.15, -0.1) is 0 Å². The van der Waals surface area contributed by atoms with E-state index in [0.29, 0.717) is 17.0 Å². The molecule has 19 heavy (non-hydrogen) atoms. The van der Waals surface area contributed by atoms with Crippen LogP contribution in [0.1, 0.15) is 10.4 Å². The Balaban J connectivity index is 0.000000342. The minimum Gasteiger partial charge on any atom is -0.497 e. The van der Waals surface area contributed by atoms with Gasteiger partial charge >= 0.3 is 0 Å². The lowest BCUT2D eigenvalue weighted by atomic mass is 10.2. The molecule has 0 radical (unpaired) electrons. The van der Waals surface area contributed by atoms with Crippen LogP contribution in [0.25, 0.3) is 0 Å². The van der Waals surface area contributed by atoms with Gasteiger partial charge in [-0.25, -0.2) is 0 Å². The molecule has 0 fully saturated rings. The molecule has 1 aromatic rings. The number of carbonyl (C=O) groups is 1. The minimum absolute atomic E-state index is 0.657. The molecule has 3 N–H and O–H groups in total. The van der Waals surface area contributed by atoms with Crippen molar-refractivity contribution in [3.63, 3.8) is 0 Å². The first-order valence-corrected chi connectivity index (χ1v) is 5.62. The zero-order chi connectivity index (χ0) is 14.7. The van der Waals surface area contributed by atoms with Gasteiger partial charge in [0.05, 0.1) is 7.11 Å². The molecule has 102 valence electrons. The first kappa shape index (κ1) is 16.5. The van der Waals surface area contributed by atoms with Crippen LogP contribution >= 0.6 is 0 Å². The summed E-state index contributed by atoms with van der Waals surface area (Å²) in [7, 11) is 3.39. The number of allylic oxidation sites excluding steroid dienone is 2. The topological polar surface area (TPSA) is 64.3 Å². The van der Waals surface area contributed by atoms with Crippen molar-refractivity contribution in [1.82, 2.24) is 5.32 Å². The van der Waals surface area contributed by atoms with Gasteiger partial charge in [-0.3, -0.25) is 4.79 Å². The van der Waals surface area contributed by atoms with Gasteiger partial charge in [-0.05, 0) is 30.3 Å². The maximum Gasteiger partial charge on any atom is 0.150 e. The van der Waals surface area contributed by atoms with Gasteiger partial charge in [-0.1, -0.05) is 13.2 Å². The fourth-order valence-electron chi connectivity index (χ4n) is 1.02. The molecular weight excluding hydrogens is 240 g/mol. The van der Waals surface area contributed by atoms with Gasteiger partial charge in [0.2, 0.25) is 0 Å². The molecule has 0 aliphatic rings. The van der Waals surface area contributed by atoms with Crippen LogP contribution in [0.2, 0.25) is 0 Å². The molecule has 1 rings (SSSR count). The predicted octanol–water partition coefficient (Wildman–Crippen LogP) is 2.52. The summed E-state index contributed by atoms with van der Waals surface area (Å²) in [4.78, 5) is 10.1. The lowest BCUT2D eigenvalue weighted by Gasteiger charge is -2.00. The van der Waals surface area contributed by atoms with E-state index >= 15 is 0 Å². The Morgan fingerprint density at radius 3 is 2.32 bits per heavy atom. The molecule has 4 heteroatoms. The molecular formula is C15H20N2O2. The number of aldehydes is 1. The van der Waals surface area contributed by atoms with Crippen LogP contribution < -0.4 is 11.1 Å². The summed E-state index contributed by atoms with van der Waals surface area (Å²) in [5.41, 5.74) is 7.51. The van der Waals surface area contributed by atoms with E-state index in [2.05, 4.69) is 18.5 Å². The highest BCUT2D eigenvalue weighted by Gasteiger charge is 1.87. The van der Waals surface area contributed by atoms with Gasteiger partial charge in [0.25, 0.3) is 0 Å². The Kier molecular flexibility index (Phi) is 8.28. The number of benzene rings is 1. The minimum atomic E-state index is 0.657. The average molecular weight is 260 g/mol. The zero-order valence-corrected chi connectivity index (χ0v) is 11.3. The first-order chi connectivity index (χ1) is 9.07. The van der Waals surface area contributed by atoms with E-state index in [1.54, 1.807) is 50.6 Å². The summed E-state index contributed by atoms with van der Waals surface area (Å²) in [5.74, 6) is 0.708. The lowest BCUT2D eigenvalue weighted by Crippen LogP contribution is -2.01. The van der Waals surface area contributed by atoms with Gasteiger partial charge in [0, 0.05) is 30.1 Å². The third-order valence-electron chi connectivity index (χ3n) is 2.15. The molecule has 0 spiro atoms. The molecule has 0 saturated carbocycles. The second-order valence-electron chi connectivity index (χ2n) is 3.51. The number of likely N-dealkylation sites (N-methyl/N-ethyl adjacent to an activating group) is 1. The van der Waals surface area contributed by atoms with Crippen molar-refractivity contribution in [3.05, 3.63) is 66.6 Å². The van der Waals surface area contributed by atoms with E-state index < -0.39 is 0 Å². The summed E-state index contributed by atoms with van der Waals surface area (Å²) in [5, 5.41) is 2.87. The van der Waals surface area contributed by atoms with Gasteiger partial charge in [-0.2, -0.15) is 0 Å².